The van der Waals surface area contributed by atoms with E-state index in [0.717, 1.165) is 36.1 Å². The molecule has 0 amide bonds. The molecule has 0 saturated carbocycles. The first kappa shape index (κ1) is 17.5. The van der Waals surface area contributed by atoms with Crippen LogP contribution in [0.5, 0.6) is 0 Å². The highest BCUT2D eigenvalue weighted by molar-refractivity contribution is 6.32. The third-order valence-corrected chi connectivity index (χ3v) is 4.24. The van der Waals surface area contributed by atoms with Crippen molar-refractivity contribution in [1.82, 2.24) is 0 Å². The smallest absolute Gasteiger partial charge is 0.160 e. The van der Waals surface area contributed by atoms with Gasteiger partial charge in [0.2, 0.25) is 0 Å². The lowest BCUT2D eigenvalue weighted by Crippen LogP contribution is -2.06. The van der Waals surface area contributed by atoms with Crippen LogP contribution in [0.2, 0.25) is 5.02 Å². The van der Waals surface area contributed by atoms with Gasteiger partial charge in [0.25, 0.3) is 0 Å². The van der Waals surface area contributed by atoms with Gasteiger partial charge in [-0.3, -0.25) is 4.79 Å². The number of unbranched alkanes of at least 4 members (excludes halogenated alkanes) is 1. The molecule has 122 valence electrons. The summed E-state index contributed by atoms with van der Waals surface area (Å²) in [6.07, 6.45) is 2.85. The SMILES string of the molecule is CCCCc1c(Cl)cc(C(C)=O)c(-c2cccc(F)c2)c1NC. The molecule has 0 unspecified atom stereocenters. The van der Waals surface area contributed by atoms with Crippen molar-refractivity contribution in [2.24, 2.45) is 0 Å². The van der Waals surface area contributed by atoms with Crippen LogP contribution in [0.25, 0.3) is 11.1 Å². The summed E-state index contributed by atoms with van der Waals surface area (Å²) in [4.78, 5) is 12.1. The number of hydrogen-bond acceptors (Lipinski definition) is 2. The monoisotopic (exact) mass is 333 g/mol. The highest BCUT2D eigenvalue weighted by Gasteiger charge is 2.20. The second kappa shape index (κ2) is 7.60. The number of nitrogens with one attached hydrogen (secondary N) is 1. The van der Waals surface area contributed by atoms with Gasteiger partial charge in [0.15, 0.2) is 5.78 Å². The Balaban J connectivity index is 2.77. The van der Waals surface area contributed by atoms with E-state index in [9.17, 15) is 9.18 Å². The first-order chi connectivity index (χ1) is 11.0. The van der Waals surface area contributed by atoms with Crippen molar-refractivity contribution in [3.63, 3.8) is 0 Å². The summed E-state index contributed by atoms with van der Waals surface area (Å²) in [5.74, 6) is -0.422. The van der Waals surface area contributed by atoms with Crippen LogP contribution in [0.3, 0.4) is 0 Å². The van der Waals surface area contributed by atoms with Crippen molar-refractivity contribution < 1.29 is 9.18 Å². The summed E-state index contributed by atoms with van der Waals surface area (Å²) in [5, 5.41) is 3.75. The van der Waals surface area contributed by atoms with E-state index in [4.69, 9.17) is 11.6 Å². The molecule has 0 atom stereocenters. The molecule has 2 nitrogen and oxygen atoms in total. The number of carbonyl (C=O) groups is 1. The largest absolute Gasteiger partial charge is 0.387 e. The van der Waals surface area contributed by atoms with E-state index in [1.54, 1.807) is 19.2 Å². The van der Waals surface area contributed by atoms with Crippen LogP contribution < -0.4 is 5.32 Å². The van der Waals surface area contributed by atoms with E-state index < -0.39 is 0 Å². The molecule has 2 aromatic carbocycles. The summed E-state index contributed by atoms with van der Waals surface area (Å²) in [6.45, 7) is 3.62. The van der Waals surface area contributed by atoms with Gasteiger partial charge in [-0.1, -0.05) is 37.1 Å². The lowest BCUT2D eigenvalue weighted by atomic mass is 9.91. The Hall–Kier alpha value is -1.87. The number of hydrogen-bond donors (Lipinski definition) is 1. The number of benzene rings is 2. The number of anilines is 1. The Kier molecular flexibility index (Phi) is 5.78. The Morgan fingerprint density at radius 1 is 1.30 bits per heavy atom. The van der Waals surface area contributed by atoms with Gasteiger partial charge in [-0.2, -0.15) is 0 Å². The zero-order chi connectivity index (χ0) is 17.0. The van der Waals surface area contributed by atoms with Gasteiger partial charge in [0, 0.05) is 28.9 Å². The van der Waals surface area contributed by atoms with Crippen molar-refractivity contribution in [3.8, 4) is 11.1 Å². The molecule has 1 N–H and O–H groups in total. The van der Waals surface area contributed by atoms with E-state index in [0.29, 0.717) is 16.1 Å². The lowest BCUT2D eigenvalue weighted by molar-refractivity contribution is 0.101. The minimum atomic E-state index is -0.330. The fraction of sp³-hybridized carbons (Fsp3) is 0.316. The zero-order valence-electron chi connectivity index (χ0n) is 13.7. The Bertz CT molecular complexity index is 728. The molecule has 0 spiro atoms. The van der Waals surface area contributed by atoms with Crippen LogP contribution in [-0.4, -0.2) is 12.8 Å². The number of ketones is 1. The quantitative estimate of drug-likeness (QED) is 0.683. The standard InChI is InChI=1S/C19H21ClFNO/c1-4-5-9-15-17(20)11-16(12(2)23)18(19(15)22-3)13-7-6-8-14(21)10-13/h6-8,10-11,22H,4-5,9H2,1-3H3. The van der Waals surface area contributed by atoms with Gasteiger partial charge >= 0.3 is 0 Å². The number of rotatable bonds is 6. The average molecular weight is 334 g/mol. The maximum atomic E-state index is 13.7. The summed E-state index contributed by atoms with van der Waals surface area (Å²) in [7, 11) is 1.80. The van der Waals surface area contributed by atoms with Crippen LogP contribution >= 0.6 is 11.6 Å². The van der Waals surface area contributed by atoms with Gasteiger partial charge in [0.1, 0.15) is 5.82 Å². The lowest BCUT2D eigenvalue weighted by Gasteiger charge is -2.19. The fourth-order valence-electron chi connectivity index (χ4n) is 2.79. The fourth-order valence-corrected chi connectivity index (χ4v) is 3.08. The third kappa shape index (κ3) is 3.73. The second-order valence-corrected chi connectivity index (χ2v) is 5.96. The predicted octanol–water partition coefficient (Wildman–Crippen LogP) is 5.73. The predicted molar refractivity (Wildman–Crippen MR) is 95.0 cm³/mol. The molecule has 0 saturated heterocycles. The van der Waals surface area contributed by atoms with Crippen LogP contribution in [0.1, 0.15) is 42.6 Å². The van der Waals surface area contributed by atoms with E-state index >= 15 is 0 Å². The molecular formula is C19H21ClFNO. The van der Waals surface area contributed by atoms with Crippen LogP contribution in [0.4, 0.5) is 10.1 Å². The molecule has 0 aliphatic heterocycles. The molecule has 2 rings (SSSR count). The first-order valence-corrected chi connectivity index (χ1v) is 8.17. The maximum absolute atomic E-state index is 13.7. The van der Waals surface area contributed by atoms with Gasteiger partial charge in [-0.05, 0) is 49.1 Å². The highest BCUT2D eigenvalue weighted by Crippen LogP contribution is 2.39. The number of carbonyl (C=O) groups excluding carboxylic acids is 1. The summed E-state index contributed by atoms with van der Waals surface area (Å²) >= 11 is 6.42. The molecule has 23 heavy (non-hydrogen) atoms. The topological polar surface area (TPSA) is 29.1 Å². The third-order valence-electron chi connectivity index (χ3n) is 3.90. The van der Waals surface area contributed by atoms with E-state index in [1.807, 2.05) is 6.07 Å². The minimum absolute atomic E-state index is 0.0929. The molecule has 0 aromatic heterocycles. The molecule has 0 aliphatic carbocycles. The highest BCUT2D eigenvalue weighted by atomic mass is 35.5. The molecule has 0 fully saturated rings. The number of halogens is 2. The second-order valence-electron chi connectivity index (χ2n) is 5.55. The Morgan fingerprint density at radius 2 is 2.04 bits per heavy atom. The van der Waals surface area contributed by atoms with Crippen LogP contribution in [0, 0.1) is 5.82 Å². The zero-order valence-corrected chi connectivity index (χ0v) is 14.4. The van der Waals surface area contributed by atoms with E-state index in [2.05, 4.69) is 12.2 Å². The first-order valence-electron chi connectivity index (χ1n) is 7.79. The van der Waals surface area contributed by atoms with E-state index in [-0.39, 0.29) is 11.6 Å². The van der Waals surface area contributed by atoms with Crippen LogP contribution in [-0.2, 0) is 6.42 Å². The summed E-state index contributed by atoms with van der Waals surface area (Å²) < 4.78 is 13.7. The number of Topliss-reactive ketones (excluding diaryl/α,β-unsaturated/α-hetero) is 1. The van der Waals surface area contributed by atoms with Crippen molar-refractivity contribution in [2.75, 3.05) is 12.4 Å². The molecular weight excluding hydrogens is 313 g/mol. The molecule has 4 heteroatoms. The Labute approximate surface area is 141 Å². The van der Waals surface area contributed by atoms with Gasteiger partial charge in [-0.25, -0.2) is 4.39 Å². The summed E-state index contributed by atoms with van der Waals surface area (Å²) in [5.41, 5.74) is 3.68. The average Bonchev–Trinajstić information content (AvgIpc) is 2.52. The Morgan fingerprint density at radius 3 is 2.61 bits per heavy atom. The van der Waals surface area contributed by atoms with Gasteiger partial charge in [-0.15, -0.1) is 0 Å². The maximum Gasteiger partial charge on any atom is 0.160 e. The molecule has 2 aromatic rings. The van der Waals surface area contributed by atoms with Gasteiger partial charge < -0.3 is 5.32 Å². The van der Waals surface area contributed by atoms with Crippen molar-refractivity contribution >= 4 is 23.1 Å². The van der Waals surface area contributed by atoms with Crippen LogP contribution in [0.15, 0.2) is 30.3 Å². The van der Waals surface area contributed by atoms with Gasteiger partial charge in [0.05, 0.1) is 0 Å². The van der Waals surface area contributed by atoms with Crippen molar-refractivity contribution in [2.45, 2.75) is 33.1 Å². The summed E-state index contributed by atoms with van der Waals surface area (Å²) in [6, 6.07) is 8.00. The molecule has 0 bridgehead atoms. The molecule has 0 heterocycles. The van der Waals surface area contributed by atoms with Crippen molar-refractivity contribution in [3.05, 3.63) is 52.3 Å². The normalized spacial score (nSPS) is 10.7. The van der Waals surface area contributed by atoms with Crippen molar-refractivity contribution in [1.29, 1.82) is 0 Å². The molecule has 0 radical (unpaired) electrons. The minimum Gasteiger partial charge on any atom is -0.387 e. The van der Waals surface area contributed by atoms with E-state index in [1.165, 1.54) is 19.1 Å². The molecule has 0 aliphatic rings.